The van der Waals surface area contributed by atoms with Crippen LogP contribution in [0.5, 0.6) is 0 Å². The number of nitrogens with one attached hydrogen (secondary N) is 1. The van der Waals surface area contributed by atoms with E-state index in [9.17, 15) is 4.39 Å². The Morgan fingerprint density at radius 2 is 1.90 bits per heavy atom. The molecule has 1 aromatic carbocycles. The molecule has 0 amide bonds. The Morgan fingerprint density at radius 3 is 2.48 bits per heavy atom. The van der Waals surface area contributed by atoms with Gasteiger partial charge in [0.15, 0.2) is 0 Å². The Kier molecular flexibility index (Phi) is 7.33. The van der Waals surface area contributed by atoms with Gasteiger partial charge in [-0.15, -0.1) is 0 Å². The summed E-state index contributed by atoms with van der Waals surface area (Å²) < 4.78 is 14.0. The molecule has 0 spiro atoms. The van der Waals surface area contributed by atoms with Gasteiger partial charge in [-0.25, -0.2) is 4.39 Å². The van der Waals surface area contributed by atoms with Crippen LogP contribution >= 0.6 is 0 Å². The van der Waals surface area contributed by atoms with Gasteiger partial charge in [0.05, 0.1) is 0 Å². The number of hydrogen-bond donors (Lipinski definition) is 1. The lowest BCUT2D eigenvalue weighted by molar-refractivity contribution is 0.144. The fraction of sp³-hybridized carbons (Fsp3) is 0.667. The quantitative estimate of drug-likeness (QED) is 0.727. The summed E-state index contributed by atoms with van der Waals surface area (Å²) >= 11 is 0. The van der Waals surface area contributed by atoms with Crippen LogP contribution < -0.4 is 5.32 Å². The van der Waals surface area contributed by atoms with E-state index in [2.05, 4.69) is 45.0 Å². The summed E-state index contributed by atoms with van der Waals surface area (Å²) in [5.41, 5.74) is 0.971. The Labute approximate surface area is 129 Å². The molecule has 1 atom stereocenters. The lowest BCUT2D eigenvalue weighted by Crippen LogP contribution is -2.42. The van der Waals surface area contributed by atoms with Gasteiger partial charge in [0.1, 0.15) is 5.82 Å². The van der Waals surface area contributed by atoms with Crippen LogP contribution in [0, 0.1) is 5.82 Å². The summed E-state index contributed by atoms with van der Waals surface area (Å²) in [5, 5.41) is 3.48. The zero-order valence-corrected chi connectivity index (χ0v) is 14.2. The largest absolute Gasteiger partial charge is 0.310 e. The van der Waals surface area contributed by atoms with Gasteiger partial charge in [0.25, 0.3) is 0 Å². The first-order chi connectivity index (χ1) is 9.92. The number of hydrogen-bond acceptors (Lipinski definition) is 2. The van der Waals surface area contributed by atoms with Gasteiger partial charge in [0, 0.05) is 23.7 Å². The molecule has 120 valence electrons. The van der Waals surface area contributed by atoms with Crippen molar-refractivity contribution in [3.63, 3.8) is 0 Å². The molecule has 0 radical (unpaired) electrons. The van der Waals surface area contributed by atoms with E-state index < -0.39 is 0 Å². The summed E-state index contributed by atoms with van der Waals surface area (Å²) in [6.45, 7) is 10.7. The maximum atomic E-state index is 14.0. The van der Waals surface area contributed by atoms with Crippen molar-refractivity contribution in [2.45, 2.75) is 58.5 Å². The predicted molar refractivity (Wildman–Crippen MR) is 89.1 cm³/mol. The molecule has 3 heteroatoms. The topological polar surface area (TPSA) is 15.3 Å². The van der Waals surface area contributed by atoms with Crippen molar-refractivity contribution in [3.8, 4) is 0 Å². The van der Waals surface area contributed by atoms with Crippen molar-refractivity contribution >= 4 is 0 Å². The summed E-state index contributed by atoms with van der Waals surface area (Å²) in [4.78, 5) is 2.37. The van der Waals surface area contributed by atoms with Crippen LogP contribution in [-0.2, 0) is 0 Å². The van der Waals surface area contributed by atoms with Gasteiger partial charge in [-0.2, -0.15) is 0 Å². The minimum absolute atomic E-state index is 0.0845. The van der Waals surface area contributed by atoms with Crippen molar-refractivity contribution in [1.82, 2.24) is 10.2 Å². The van der Waals surface area contributed by atoms with E-state index in [1.807, 2.05) is 12.1 Å². The Bertz CT molecular complexity index is 417. The van der Waals surface area contributed by atoms with Gasteiger partial charge < -0.3 is 10.2 Å². The normalized spacial score (nSPS) is 13.7. The van der Waals surface area contributed by atoms with Crippen molar-refractivity contribution in [2.75, 3.05) is 20.1 Å². The maximum absolute atomic E-state index is 14.0. The van der Waals surface area contributed by atoms with E-state index in [0.29, 0.717) is 0 Å². The summed E-state index contributed by atoms with van der Waals surface area (Å²) in [5.74, 6) is -0.108. The molecule has 1 N–H and O–H groups in total. The standard InChI is InChI=1S/C18H31FN2/c1-6-13-20-17(15-10-8-9-11-16(15)19)12-14-21(5)18(3,4)7-2/h8-11,17,20H,6-7,12-14H2,1-5H3. The highest BCUT2D eigenvalue weighted by atomic mass is 19.1. The molecule has 1 rings (SSSR count). The third-order valence-corrected chi connectivity index (χ3v) is 4.57. The second kappa shape index (κ2) is 8.50. The first-order valence-electron chi connectivity index (χ1n) is 8.11. The fourth-order valence-corrected chi connectivity index (χ4v) is 2.34. The van der Waals surface area contributed by atoms with Crippen molar-refractivity contribution < 1.29 is 4.39 Å². The highest BCUT2D eigenvalue weighted by molar-refractivity contribution is 5.21. The van der Waals surface area contributed by atoms with Crippen LogP contribution in [0.3, 0.4) is 0 Å². The van der Waals surface area contributed by atoms with Crippen LogP contribution in [0.1, 0.15) is 58.6 Å². The molecule has 0 bridgehead atoms. The third-order valence-electron chi connectivity index (χ3n) is 4.57. The van der Waals surface area contributed by atoms with Crippen LogP contribution in [0.25, 0.3) is 0 Å². The van der Waals surface area contributed by atoms with Gasteiger partial charge in [0.2, 0.25) is 0 Å². The molecule has 0 aliphatic heterocycles. The molecule has 21 heavy (non-hydrogen) atoms. The SMILES string of the molecule is CCCNC(CCN(C)C(C)(C)CC)c1ccccc1F. The van der Waals surface area contributed by atoms with E-state index in [4.69, 9.17) is 0 Å². The average Bonchev–Trinajstić information content (AvgIpc) is 2.48. The van der Waals surface area contributed by atoms with E-state index in [-0.39, 0.29) is 17.4 Å². The Hall–Kier alpha value is -0.930. The van der Waals surface area contributed by atoms with Crippen molar-refractivity contribution in [3.05, 3.63) is 35.6 Å². The zero-order valence-electron chi connectivity index (χ0n) is 14.2. The van der Waals surface area contributed by atoms with Gasteiger partial charge >= 0.3 is 0 Å². The first-order valence-corrected chi connectivity index (χ1v) is 8.11. The second-order valence-corrected chi connectivity index (χ2v) is 6.40. The molecule has 0 aromatic heterocycles. The monoisotopic (exact) mass is 294 g/mol. The molecule has 0 heterocycles. The second-order valence-electron chi connectivity index (χ2n) is 6.40. The fourth-order valence-electron chi connectivity index (χ4n) is 2.34. The minimum atomic E-state index is -0.108. The lowest BCUT2D eigenvalue weighted by Gasteiger charge is -2.36. The average molecular weight is 294 g/mol. The molecule has 0 fully saturated rings. The Morgan fingerprint density at radius 1 is 1.24 bits per heavy atom. The minimum Gasteiger partial charge on any atom is -0.310 e. The highest BCUT2D eigenvalue weighted by Crippen LogP contribution is 2.23. The zero-order chi connectivity index (χ0) is 15.9. The molecule has 0 aliphatic carbocycles. The van der Waals surface area contributed by atoms with E-state index in [1.165, 1.54) is 0 Å². The predicted octanol–water partition coefficient (Wildman–Crippen LogP) is 4.38. The molecule has 0 saturated heterocycles. The maximum Gasteiger partial charge on any atom is 0.127 e. The summed E-state index contributed by atoms with van der Waals surface area (Å²) in [6.07, 6.45) is 3.08. The molecular weight excluding hydrogens is 263 g/mol. The van der Waals surface area contributed by atoms with Crippen molar-refractivity contribution in [2.24, 2.45) is 0 Å². The van der Waals surface area contributed by atoms with Crippen LogP contribution in [0.2, 0.25) is 0 Å². The Balaban J connectivity index is 2.74. The third kappa shape index (κ3) is 5.40. The summed E-state index contributed by atoms with van der Waals surface area (Å²) in [6, 6.07) is 7.20. The smallest absolute Gasteiger partial charge is 0.127 e. The number of halogens is 1. The summed E-state index contributed by atoms with van der Waals surface area (Å²) in [7, 11) is 2.15. The number of benzene rings is 1. The van der Waals surface area contributed by atoms with Crippen LogP contribution in [0.4, 0.5) is 4.39 Å². The number of rotatable bonds is 9. The lowest BCUT2D eigenvalue weighted by atomic mass is 9.97. The molecule has 2 nitrogen and oxygen atoms in total. The van der Waals surface area contributed by atoms with Gasteiger partial charge in [-0.05, 0) is 52.8 Å². The molecular formula is C18H31FN2. The van der Waals surface area contributed by atoms with Crippen molar-refractivity contribution in [1.29, 1.82) is 0 Å². The van der Waals surface area contributed by atoms with Crippen LogP contribution in [-0.4, -0.2) is 30.6 Å². The van der Waals surface area contributed by atoms with Crippen LogP contribution in [0.15, 0.2) is 24.3 Å². The number of nitrogens with zero attached hydrogens (tertiary/aromatic N) is 1. The molecule has 0 saturated carbocycles. The first kappa shape index (κ1) is 18.1. The molecule has 1 unspecified atom stereocenters. The van der Waals surface area contributed by atoms with E-state index in [0.717, 1.165) is 37.9 Å². The van der Waals surface area contributed by atoms with Gasteiger partial charge in [-0.1, -0.05) is 32.0 Å². The molecule has 1 aromatic rings. The van der Waals surface area contributed by atoms with Gasteiger partial charge in [-0.3, -0.25) is 0 Å². The highest BCUT2D eigenvalue weighted by Gasteiger charge is 2.22. The van der Waals surface area contributed by atoms with E-state index >= 15 is 0 Å². The van der Waals surface area contributed by atoms with E-state index in [1.54, 1.807) is 12.1 Å². The molecule has 0 aliphatic rings.